The first-order chi connectivity index (χ1) is 9.27. The third kappa shape index (κ3) is 3.69. The highest BCUT2D eigenvalue weighted by molar-refractivity contribution is 5.56. The number of nitrogens with one attached hydrogen (secondary N) is 1. The molecule has 1 aliphatic carbocycles. The molecule has 0 saturated heterocycles. The van der Waals surface area contributed by atoms with Crippen molar-refractivity contribution in [3.05, 3.63) is 29.6 Å². The molecule has 0 unspecified atom stereocenters. The molecular weight excluding hydrogens is 239 g/mol. The standard InChI is InChI=1S/C16H25FN2/c1-3-5-11-19(13-9-10-13)16-8-6-7-15(17)14(16)12-18-4-2/h6-8,13,18H,3-5,9-12H2,1-2H3. The normalized spacial score (nSPS) is 14.7. The molecule has 1 saturated carbocycles. The van der Waals surface area contributed by atoms with Crippen molar-refractivity contribution in [1.82, 2.24) is 5.32 Å². The van der Waals surface area contributed by atoms with Crippen LogP contribution in [-0.4, -0.2) is 19.1 Å². The van der Waals surface area contributed by atoms with Gasteiger partial charge in [-0.05, 0) is 37.9 Å². The number of nitrogens with zero attached hydrogens (tertiary/aromatic N) is 1. The van der Waals surface area contributed by atoms with Crippen molar-refractivity contribution in [3.8, 4) is 0 Å². The summed E-state index contributed by atoms with van der Waals surface area (Å²) in [6.45, 7) is 6.79. The first kappa shape index (κ1) is 14.3. The summed E-state index contributed by atoms with van der Waals surface area (Å²) in [5, 5.41) is 3.25. The Kier molecular flexibility index (Phi) is 5.20. The molecule has 2 rings (SSSR count). The maximum atomic E-state index is 14.1. The van der Waals surface area contributed by atoms with Crippen LogP contribution in [0.3, 0.4) is 0 Å². The van der Waals surface area contributed by atoms with Crippen molar-refractivity contribution >= 4 is 5.69 Å². The zero-order valence-corrected chi connectivity index (χ0v) is 12.1. The van der Waals surface area contributed by atoms with E-state index in [4.69, 9.17) is 0 Å². The predicted octanol–water partition coefficient (Wildman–Crippen LogP) is 3.70. The van der Waals surface area contributed by atoms with E-state index >= 15 is 0 Å². The van der Waals surface area contributed by atoms with Gasteiger partial charge in [-0.2, -0.15) is 0 Å². The lowest BCUT2D eigenvalue weighted by atomic mass is 10.1. The fraction of sp³-hybridized carbons (Fsp3) is 0.625. The van der Waals surface area contributed by atoms with Gasteiger partial charge in [-0.25, -0.2) is 4.39 Å². The maximum absolute atomic E-state index is 14.1. The summed E-state index contributed by atoms with van der Waals surface area (Å²) in [5.74, 6) is -0.0828. The van der Waals surface area contributed by atoms with Crippen LogP contribution in [0.1, 0.15) is 45.1 Å². The highest BCUT2D eigenvalue weighted by atomic mass is 19.1. The number of unbranched alkanes of at least 4 members (excludes halogenated alkanes) is 1. The molecule has 0 heterocycles. The second-order valence-corrected chi connectivity index (χ2v) is 5.30. The van der Waals surface area contributed by atoms with Crippen LogP contribution in [0.2, 0.25) is 0 Å². The summed E-state index contributed by atoms with van der Waals surface area (Å²) in [6, 6.07) is 6.11. The Morgan fingerprint density at radius 2 is 2.11 bits per heavy atom. The van der Waals surface area contributed by atoms with E-state index in [1.165, 1.54) is 25.7 Å². The van der Waals surface area contributed by atoms with Crippen molar-refractivity contribution < 1.29 is 4.39 Å². The fourth-order valence-corrected chi connectivity index (χ4v) is 2.46. The number of halogens is 1. The van der Waals surface area contributed by atoms with Crippen molar-refractivity contribution in [2.45, 2.75) is 52.1 Å². The molecular formula is C16H25FN2. The Labute approximate surface area is 116 Å². The van der Waals surface area contributed by atoms with Crippen LogP contribution in [0.5, 0.6) is 0 Å². The first-order valence-electron chi connectivity index (χ1n) is 7.52. The van der Waals surface area contributed by atoms with Crippen LogP contribution in [-0.2, 0) is 6.54 Å². The minimum absolute atomic E-state index is 0.0828. The molecule has 0 aromatic heterocycles. The Bertz CT molecular complexity index is 402. The van der Waals surface area contributed by atoms with Gasteiger partial charge in [-0.3, -0.25) is 0 Å². The molecule has 1 fully saturated rings. The first-order valence-corrected chi connectivity index (χ1v) is 7.52. The molecule has 1 aliphatic rings. The SMILES string of the molecule is CCCCN(c1cccc(F)c1CNCC)C1CC1. The molecule has 3 heteroatoms. The number of hydrogen-bond acceptors (Lipinski definition) is 2. The van der Waals surface area contributed by atoms with Gasteiger partial charge in [-0.15, -0.1) is 0 Å². The molecule has 0 radical (unpaired) electrons. The minimum Gasteiger partial charge on any atom is -0.368 e. The molecule has 0 aliphatic heterocycles. The molecule has 106 valence electrons. The third-order valence-electron chi connectivity index (χ3n) is 3.70. The topological polar surface area (TPSA) is 15.3 Å². The van der Waals surface area contributed by atoms with Gasteiger partial charge in [-0.1, -0.05) is 26.3 Å². The summed E-state index contributed by atoms with van der Waals surface area (Å²) < 4.78 is 14.1. The van der Waals surface area contributed by atoms with E-state index in [1.807, 2.05) is 6.07 Å². The van der Waals surface area contributed by atoms with Crippen LogP contribution in [0.15, 0.2) is 18.2 Å². The zero-order chi connectivity index (χ0) is 13.7. The van der Waals surface area contributed by atoms with Gasteiger partial charge in [0.2, 0.25) is 0 Å². The monoisotopic (exact) mass is 264 g/mol. The molecule has 0 spiro atoms. The van der Waals surface area contributed by atoms with E-state index in [-0.39, 0.29) is 5.82 Å². The van der Waals surface area contributed by atoms with Crippen molar-refractivity contribution in [3.63, 3.8) is 0 Å². The van der Waals surface area contributed by atoms with Gasteiger partial charge in [0.15, 0.2) is 0 Å². The summed E-state index contributed by atoms with van der Waals surface area (Å²) in [6.07, 6.45) is 4.86. The molecule has 0 bridgehead atoms. The van der Waals surface area contributed by atoms with Gasteiger partial charge >= 0.3 is 0 Å². The smallest absolute Gasteiger partial charge is 0.129 e. The second-order valence-electron chi connectivity index (χ2n) is 5.30. The maximum Gasteiger partial charge on any atom is 0.129 e. The van der Waals surface area contributed by atoms with Gasteiger partial charge in [0, 0.05) is 30.4 Å². The van der Waals surface area contributed by atoms with Crippen LogP contribution in [0.4, 0.5) is 10.1 Å². The van der Waals surface area contributed by atoms with Crippen molar-refractivity contribution in [2.75, 3.05) is 18.0 Å². The number of anilines is 1. The average Bonchev–Trinajstić information content (AvgIpc) is 3.23. The quantitative estimate of drug-likeness (QED) is 0.770. The van der Waals surface area contributed by atoms with Gasteiger partial charge in [0.25, 0.3) is 0 Å². The highest BCUT2D eigenvalue weighted by Crippen LogP contribution is 2.34. The van der Waals surface area contributed by atoms with Gasteiger partial charge in [0.05, 0.1) is 0 Å². The van der Waals surface area contributed by atoms with Crippen molar-refractivity contribution in [2.24, 2.45) is 0 Å². The van der Waals surface area contributed by atoms with Crippen LogP contribution < -0.4 is 10.2 Å². The zero-order valence-electron chi connectivity index (χ0n) is 12.1. The van der Waals surface area contributed by atoms with Gasteiger partial charge in [0.1, 0.15) is 5.82 Å². The molecule has 0 amide bonds. The second kappa shape index (κ2) is 6.90. The van der Waals surface area contributed by atoms with Crippen LogP contribution in [0.25, 0.3) is 0 Å². The lowest BCUT2D eigenvalue weighted by molar-refractivity contribution is 0.589. The highest BCUT2D eigenvalue weighted by Gasteiger charge is 2.30. The largest absolute Gasteiger partial charge is 0.368 e. The van der Waals surface area contributed by atoms with Gasteiger partial charge < -0.3 is 10.2 Å². The van der Waals surface area contributed by atoms with Crippen LogP contribution in [0, 0.1) is 5.82 Å². The van der Waals surface area contributed by atoms with E-state index < -0.39 is 0 Å². The van der Waals surface area contributed by atoms with Crippen molar-refractivity contribution in [1.29, 1.82) is 0 Å². The molecule has 0 atom stereocenters. The lowest BCUT2D eigenvalue weighted by Gasteiger charge is -2.27. The summed E-state index contributed by atoms with van der Waals surface area (Å²) in [5.41, 5.74) is 1.92. The molecule has 1 aromatic rings. The number of benzene rings is 1. The number of hydrogen-bond donors (Lipinski definition) is 1. The van der Waals surface area contributed by atoms with E-state index in [2.05, 4.69) is 30.1 Å². The molecule has 1 N–H and O–H groups in total. The third-order valence-corrected chi connectivity index (χ3v) is 3.70. The number of rotatable bonds is 8. The minimum atomic E-state index is -0.0828. The van der Waals surface area contributed by atoms with E-state index in [0.29, 0.717) is 12.6 Å². The molecule has 2 nitrogen and oxygen atoms in total. The Morgan fingerprint density at radius 1 is 1.32 bits per heavy atom. The molecule has 1 aromatic carbocycles. The fourth-order valence-electron chi connectivity index (χ4n) is 2.46. The summed E-state index contributed by atoms with van der Waals surface area (Å²) in [4.78, 5) is 2.42. The average molecular weight is 264 g/mol. The van der Waals surface area contributed by atoms with E-state index in [0.717, 1.165) is 24.3 Å². The Morgan fingerprint density at radius 3 is 2.74 bits per heavy atom. The Balaban J connectivity index is 2.21. The molecule has 19 heavy (non-hydrogen) atoms. The Hall–Kier alpha value is -1.09. The summed E-state index contributed by atoms with van der Waals surface area (Å²) >= 11 is 0. The summed E-state index contributed by atoms with van der Waals surface area (Å²) in [7, 11) is 0. The predicted molar refractivity (Wildman–Crippen MR) is 79.1 cm³/mol. The van der Waals surface area contributed by atoms with Crippen LogP contribution >= 0.6 is 0 Å². The lowest BCUT2D eigenvalue weighted by Crippen LogP contribution is -2.29. The van der Waals surface area contributed by atoms with E-state index in [1.54, 1.807) is 6.07 Å². The van der Waals surface area contributed by atoms with E-state index in [9.17, 15) is 4.39 Å².